The van der Waals surface area contributed by atoms with Gasteiger partial charge in [0.2, 0.25) is 10.0 Å². The Morgan fingerprint density at radius 3 is 2.56 bits per heavy atom. The Morgan fingerprint density at radius 2 is 1.81 bits per heavy atom. The van der Waals surface area contributed by atoms with Crippen LogP contribution >= 0.6 is 0 Å². The fourth-order valence-electron chi connectivity index (χ4n) is 3.64. The number of fused-ring (bicyclic) bond motifs is 1. The number of piperazine rings is 1. The molecule has 32 heavy (non-hydrogen) atoms. The van der Waals surface area contributed by atoms with Gasteiger partial charge in [0.15, 0.2) is 0 Å². The van der Waals surface area contributed by atoms with E-state index in [1.807, 2.05) is 18.2 Å². The van der Waals surface area contributed by atoms with Crippen LogP contribution in [0.2, 0.25) is 0 Å². The highest BCUT2D eigenvalue weighted by Crippen LogP contribution is 2.15. The lowest BCUT2D eigenvalue weighted by Gasteiger charge is -2.34. The van der Waals surface area contributed by atoms with Gasteiger partial charge in [-0.05, 0) is 30.7 Å². The van der Waals surface area contributed by atoms with Crippen molar-refractivity contribution in [3.8, 4) is 0 Å². The first-order chi connectivity index (χ1) is 15.4. The molecule has 10 heteroatoms. The normalized spacial score (nSPS) is 15.1. The molecule has 1 fully saturated rings. The highest BCUT2D eigenvalue weighted by molar-refractivity contribution is 7.89. The zero-order valence-electron chi connectivity index (χ0n) is 17.4. The van der Waals surface area contributed by atoms with Gasteiger partial charge in [-0.1, -0.05) is 24.3 Å². The van der Waals surface area contributed by atoms with E-state index in [1.54, 1.807) is 30.5 Å². The Balaban J connectivity index is 1.27. The number of para-hydroxylation sites is 1. The molecule has 1 aliphatic heterocycles. The van der Waals surface area contributed by atoms with Gasteiger partial charge in [0, 0.05) is 44.3 Å². The third-order valence-corrected chi connectivity index (χ3v) is 7.31. The van der Waals surface area contributed by atoms with Crippen LogP contribution in [0.4, 0.5) is 5.82 Å². The fraction of sp³-hybridized carbons (Fsp3) is 0.318. The van der Waals surface area contributed by atoms with E-state index >= 15 is 0 Å². The van der Waals surface area contributed by atoms with E-state index in [-0.39, 0.29) is 24.3 Å². The minimum Gasteiger partial charge on any atom is -0.422 e. The first kappa shape index (κ1) is 22.0. The number of pyridine rings is 1. The highest BCUT2D eigenvalue weighted by atomic mass is 32.2. The molecule has 0 atom stereocenters. The standard InChI is InChI=1S/C22H24N4O5S/c27-21(18-16-17-6-1-2-7-19(17)31-22(18)28)24-10-5-15-32(29,30)26-13-11-25(12-14-26)20-8-3-4-9-23-20/h1-4,6-9,16H,5,10-15H2,(H,24,27). The minimum absolute atomic E-state index is 0.0802. The molecule has 0 spiro atoms. The third kappa shape index (κ3) is 4.97. The monoisotopic (exact) mass is 456 g/mol. The predicted molar refractivity (Wildman–Crippen MR) is 121 cm³/mol. The van der Waals surface area contributed by atoms with Gasteiger partial charge in [-0.2, -0.15) is 4.31 Å². The van der Waals surface area contributed by atoms with Gasteiger partial charge in [0.1, 0.15) is 17.0 Å². The average molecular weight is 457 g/mol. The van der Waals surface area contributed by atoms with Crippen LogP contribution in [0.3, 0.4) is 0 Å². The van der Waals surface area contributed by atoms with Crippen molar-refractivity contribution in [3.63, 3.8) is 0 Å². The Hall–Kier alpha value is -3.24. The number of benzene rings is 1. The molecule has 0 radical (unpaired) electrons. The van der Waals surface area contributed by atoms with Gasteiger partial charge in [-0.25, -0.2) is 18.2 Å². The Kier molecular flexibility index (Phi) is 6.52. The molecule has 1 aromatic carbocycles. The molecule has 168 valence electrons. The molecule has 0 bridgehead atoms. The Labute approximate surface area is 185 Å². The van der Waals surface area contributed by atoms with E-state index < -0.39 is 21.6 Å². The largest absolute Gasteiger partial charge is 0.422 e. The maximum Gasteiger partial charge on any atom is 0.349 e. The molecule has 0 unspecified atom stereocenters. The van der Waals surface area contributed by atoms with Crippen LogP contribution in [0, 0.1) is 0 Å². The second-order valence-corrected chi connectivity index (χ2v) is 9.57. The van der Waals surface area contributed by atoms with Crippen molar-refractivity contribution in [2.45, 2.75) is 6.42 Å². The first-order valence-corrected chi connectivity index (χ1v) is 12.0. The smallest absolute Gasteiger partial charge is 0.349 e. The molecule has 1 amide bonds. The van der Waals surface area contributed by atoms with Gasteiger partial charge < -0.3 is 14.6 Å². The van der Waals surface area contributed by atoms with Gasteiger partial charge in [-0.3, -0.25) is 4.79 Å². The summed E-state index contributed by atoms with van der Waals surface area (Å²) in [5.74, 6) is 0.180. The van der Waals surface area contributed by atoms with Crippen LogP contribution in [0.25, 0.3) is 11.0 Å². The van der Waals surface area contributed by atoms with Crippen LogP contribution in [-0.4, -0.2) is 62.1 Å². The van der Waals surface area contributed by atoms with Crippen LogP contribution in [-0.2, 0) is 10.0 Å². The van der Waals surface area contributed by atoms with Crippen molar-refractivity contribution in [1.29, 1.82) is 0 Å². The second-order valence-electron chi connectivity index (χ2n) is 7.48. The lowest BCUT2D eigenvalue weighted by molar-refractivity contribution is 0.0950. The minimum atomic E-state index is -3.43. The topological polar surface area (TPSA) is 113 Å². The molecule has 1 aliphatic rings. The first-order valence-electron chi connectivity index (χ1n) is 10.4. The summed E-state index contributed by atoms with van der Waals surface area (Å²) in [6.45, 7) is 2.07. The Morgan fingerprint density at radius 1 is 1.06 bits per heavy atom. The van der Waals surface area contributed by atoms with Gasteiger partial charge >= 0.3 is 5.63 Å². The number of carbonyl (C=O) groups is 1. The number of nitrogens with zero attached hydrogens (tertiary/aromatic N) is 3. The molecular weight excluding hydrogens is 432 g/mol. The number of rotatable bonds is 7. The van der Waals surface area contributed by atoms with E-state index in [4.69, 9.17) is 4.42 Å². The summed E-state index contributed by atoms with van der Waals surface area (Å²) in [6, 6.07) is 14.1. The van der Waals surface area contributed by atoms with Crippen LogP contribution in [0.1, 0.15) is 16.8 Å². The molecule has 9 nitrogen and oxygen atoms in total. The van der Waals surface area contributed by atoms with Crippen molar-refractivity contribution in [2.24, 2.45) is 0 Å². The van der Waals surface area contributed by atoms with Crippen molar-refractivity contribution < 1.29 is 17.6 Å². The lowest BCUT2D eigenvalue weighted by atomic mass is 10.2. The summed E-state index contributed by atoms with van der Waals surface area (Å²) >= 11 is 0. The number of nitrogens with one attached hydrogen (secondary N) is 1. The SMILES string of the molecule is O=C(NCCCS(=O)(=O)N1CCN(c2ccccn2)CC1)c1cc2ccccc2oc1=O. The summed E-state index contributed by atoms with van der Waals surface area (Å²) in [7, 11) is -3.43. The molecule has 2 aromatic heterocycles. The number of hydrogen-bond acceptors (Lipinski definition) is 7. The Bertz CT molecular complexity index is 1250. The predicted octanol–water partition coefficient (Wildman–Crippen LogP) is 1.46. The van der Waals surface area contributed by atoms with Crippen molar-refractivity contribution in [1.82, 2.24) is 14.6 Å². The molecular formula is C22H24N4O5S. The summed E-state index contributed by atoms with van der Waals surface area (Å²) in [4.78, 5) is 30.8. The summed E-state index contributed by atoms with van der Waals surface area (Å²) in [5.41, 5.74) is -0.417. The molecule has 1 saturated heterocycles. The molecule has 3 aromatic rings. The number of carbonyl (C=O) groups excluding carboxylic acids is 1. The quantitative estimate of drug-likeness (QED) is 0.423. The highest BCUT2D eigenvalue weighted by Gasteiger charge is 2.27. The number of sulfonamides is 1. The third-order valence-electron chi connectivity index (χ3n) is 5.36. The van der Waals surface area contributed by atoms with Crippen molar-refractivity contribution >= 4 is 32.7 Å². The van der Waals surface area contributed by atoms with Gasteiger partial charge in [0.25, 0.3) is 5.91 Å². The van der Waals surface area contributed by atoms with E-state index in [0.29, 0.717) is 37.1 Å². The van der Waals surface area contributed by atoms with E-state index in [1.165, 1.54) is 10.4 Å². The number of anilines is 1. The molecule has 0 saturated carbocycles. The number of hydrogen-bond donors (Lipinski definition) is 1. The van der Waals surface area contributed by atoms with E-state index in [0.717, 1.165) is 5.82 Å². The second kappa shape index (κ2) is 9.49. The van der Waals surface area contributed by atoms with Gasteiger partial charge in [0.05, 0.1) is 5.75 Å². The maximum atomic E-state index is 12.7. The lowest BCUT2D eigenvalue weighted by Crippen LogP contribution is -2.49. The van der Waals surface area contributed by atoms with E-state index in [9.17, 15) is 18.0 Å². The summed E-state index contributed by atoms with van der Waals surface area (Å²) in [5, 5.41) is 3.25. The zero-order valence-corrected chi connectivity index (χ0v) is 18.3. The van der Waals surface area contributed by atoms with Crippen molar-refractivity contribution in [2.75, 3.05) is 43.4 Å². The molecule has 4 rings (SSSR count). The summed E-state index contributed by atoms with van der Waals surface area (Å²) < 4.78 is 32.0. The van der Waals surface area contributed by atoms with Crippen LogP contribution < -0.4 is 15.8 Å². The van der Waals surface area contributed by atoms with Crippen molar-refractivity contribution in [3.05, 3.63) is 70.7 Å². The number of aromatic nitrogens is 1. The zero-order chi connectivity index (χ0) is 22.6. The van der Waals surface area contributed by atoms with Gasteiger partial charge in [-0.15, -0.1) is 0 Å². The van der Waals surface area contributed by atoms with E-state index in [2.05, 4.69) is 15.2 Å². The van der Waals surface area contributed by atoms with Crippen LogP contribution in [0.15, 0.2) is 63.9 Å². The summed E-state index contributed by atoms with van der Waals surface area (Å²) in [6.07, 6.45) is 1.96. The molecule has 3 heterocycles. The maximum absolute atomic E-state index is 12.7. The van der Waals surface area contributed by atoms with Crippen LogP contribution in [0.5, 0.6) is 0 Å². The molecule has 0 aliphatic carbocycles. The average Bonchev–Trinajstić information content (AvgIpc) is 2.82. The fourth-order valence-corrected chi connectivity index (χ4v) is 5.12. The molecule has 1 N–H and O–H groups in total. The number of amides is 1.